The molecule has 92 valence electrons. The van der Waals surface area contributed by atoms with Crippen LogP contribution in [0.5, 0.6) is 0 Å². The molecule has 1 aliphatic rings. The Labute approximate surface area is 110 Å². The lowest BCUT2D eigenvalue weighted by atomic mass is 10.1. The van der Waals surface area contributed by atoms with Crippen LogP contribution < -0.4 is 5.73 Å². The molecular weight excluding hydrogens is 280 g/mol. The molecule has 1 atom stereocenters. The molecular formula is C13H17BrN2O. The van der Waals surface area contributed by atoms with Gasteiger partial charge in [0.25, 0.3) is 0 Å². The first-order valence-electron chi connectivity index (χ1n) is 5.92. The number of hydrogen-bond acceptors (Lipinski definition) is 3. The molecule has 1 aliphatic heterocycles. The van der Waals surface area contributed by atoms with Gasteiger partial charge in [-0.1, -0.05) is 34.1 Å². The van der Waals surface area contributed by atoms with E-state index in [1.807, 2.05) is 18.2 Å². The first kappa shape index (κ1) is 12.6. The number of benzene rings is 1. The maximum absolute atomic E-state index is 5.61. The highest BCUT2D eigenvalue weighted by atomic mass is 79.9. The molecule has 0 aromatic heterocycles. The summed E-state index contributed by atoms with van der Waals surface area (Å²) in [6.45, 7) is 1.44. The van der Waals surface area contributed by atoms with Gasteiger partial charge in [0, 0.05) is 10.9 Å². The standard InChI is InChI=1S/C13H17BrN2O/c14-12-6-2-1-4-10(12)8-13-16-11(9-17-13)5-3-7-15/h1-2,4,6,11H,3,5,7-9,15H2. The SMILES string of the molecule is NCCCC1COC(Cc2ccccc2Br)=N1. The second-order valence-corrected chi connectivity index (χ2v) is 5.04. The molecule has 0 saturated heterocycles. The molecule has 17 heavy (non-hydrogen) atoms. The summed E-state index contributed by atoms with van der Waals surface area (Å²) in [5.41, 5.74) is 6.70. The van der Waals surface area contributed by atoms with Crippen LogP contribution in [-0.2, 0) is 11.2 Å². The first-order chi connectivity index (χ1) is 8.29. The van der Waals surface area contributed by atoms with Gasteiger partial charge in [-0.2, -0.15) is 0 Å². The third-order valence-corrected chi connectivity index (χ3v) is 3.58. The van der Waals surface area contributed by atoms with E-state index in [2.05, 4.69) is 27.0 Å². The van der Waals surface area contributed by atoms with Gasteiger partial charge >= 0.3 is 0 Å². The highest BCUT2D eigenvalue weighted by Gasteiger charge is 2.18. The van der Waals surface area contributed by atoms with Crippen molar-refractivity contribution in [1.29, 1.82) is 0 Å². The van der Waals surface area contributed by atoms with Crippen LogP contribution >= 0.6 is 15.9 Å². The van der Waals surface area contributed by atoms with Crippen molar-refractivity contribution in [3.8, 4) is 0 Å². The Balaban J connectivity index is 1.94. The summed E-state index contributed by atoms with van der Waals surface area (Å²) in [6, 6.07) is 8.46. The fraction of sp³-hybridized carbons (Fsp3) is 0.462. The zero-order chi connectivity index (χ0) is 12.1. The molecule has 0 bridgehead atoms. The number of halogens is 1. The van der Waals surface area contributed by atoms with Crippen LogP contribution in [0.25, 0.3) is 0 Å². The van der Waals surface area contributed by atoms with Gasteiger partial charge < -0.3 is 10.5 Å². The maximum Gasteiger partial charge on any atom is 0.188 e. The summed E-state index contributed by atoms with van der Waals surface area (Å²) in [4.78, 5) is 4.58. The zero-order valence-corrected chi connectivity index (χ0v) is 11.3. The van der Waals surface area contributed by atoms with Crippen molar-refractivity contribution in [3.05, 3.63) is 34.3 Å². The van der Waals surface area contributed by atoms with E-state index in [9.17, 15) is 0 Å². The molecule has 1 unspecified atom stereocenters. The summed E-state index contributed by atoms with van der Waals surface area (Å²) in [5.74, 6) is 0.846. The van der Waals surface area contributed by atoms with Crippen molar-refractivity contribution >= 4 is 21.8 Å². The van der Waals surface area contributed by atoms with Crippen molar-refractivity contribution in [2.75, 3.05) is 13.2 Å². The highest BCUT2D eigenvalue weighted by Crippen LogP contribution is 2.19. The molecule has 1 aromatic rings. The van der Waals surface area contributed by atoms with Crippen LogP contribution in [0.1, 0.15) is 18.4 Å². The number of hydrogen-bond donors (Lipinski definition) is 1. The Hall–Kier alpha value is -0.870. The van der Waals surface area contributed by atoms with Gasteiger partial charge in [-0.05, 0) is 31.0 Å². The summed E-state index contributed by atoms with van der Waals surface area (Å²) >= 11 is 3.53. The minimum atomic E-state index is 0.302. The zero-order valence-electron chi connectivity index (χ0n) is 9.73. The maximum atomic E-state index is 5.61. The molecule has 4 heteroatoms. The number of ether oxygens (including phenoxy) is 1. The van der Waals surface area contributed by atoms with Crippen LogP contribution in [0.15, 0.2) is 33.7 Å². The van der Waals surface area contributed by atoms with Crippen LogP contribution in [0.2, 0.25) is 0 Å². The van der Waals surface area contributed by atoms with E-state index >= 15 is 0 Å². The summed E-state index contributed by atoms with van der Waals surface area (Å²) in [5, 5.41) is 0. The van der Waals surface area contributed by atoms with E-state index in [1.54, 1.807) is 0 Å². The molecule has 0 saturated carbocycles. The Morgan fingerprint density at radius 2 is 2.24 bits per heavy atom. The highest BCUT2D eigenvalue weighted by molar-refractivity contribution is 9.10. The van der Waals surface area contributed by atoms with E-state index in [0.717, 1.165) is 36.2 Å². The van der Waals surface area contributed by atoms with Gasteiger partial charge in [0.05, 0.1) is 6.04 Å². The minimum Gasteiger partial charge on any atom is -0.478 e. The lowest BCUT2D eigenvalue weighted by Gasteiger charge is -2.03. The monoisotopic (exact) mass is 296 g/mol. The van der Waals surface area contributed by atoms with E-state index in [1.165, 1.54) is 5.56 Å². The molecule has 0 aliphatic carbocycles. The van der Waals surface area contributed by atoms with Crippen molar-refractivity contribution in [2.45, 2.75) is 25.3 Å². The van der Waals surface area contributed by atoms with E-state index in [0.29, 0.717) is 12.6 Å². The average Bonchev–Trinajstić information content (AvgIpc) is 2.77. The van der Waals surface area contributed by atoms with Crippen LogP contribution in [0.4, 0.5) is 0 Å². The fourth-order valence-corrected chi connectivity index (χ4v) is 2.30. The Morgan fingerprint density at radius 1 is 1.41 bits per heavy atom. The smallest absolute Gasteiger partial charge is 0.188 e. The van der Waals surface area contributed by atoms with Gasteiger partial charge in [-0.3, -0.25) is 0 Å². The second-order valence-electron chi connectivity index (χ2n) is 4.19. The summed E-state index contributed by atoms with van der Waals surface area (Å²) in [7, 11) is 0. The van der Waals surface area contributed by atoms with Gasteiger partial charge in [-0.25, -0.2) is 4.99 Å². The van der Waals surface area contributed by atoms with Crippen LogP contribution in [0, 0.1) is 0 Å². The van der Waals surface area contributed by atoms with E-state index in [-0.39, 0.29) is 0 Å². The largest absolute Gasteiger partial charge is 0.478 e. The molecule has 0 radical (unpaired) electrons. The van der Waals surface area contributed by atoms with E-state index < -0.39 is 0 Å². The molecule has 2 N–H and O–H groups in total. The quantitative estimate of drug-likeness (QED) is 0.908. The normalized spacial score (nSPS) is 18.9. The van der Waals surface area contributed by atoms with Crippen LogP contribution in [-0.4, -0.2) is 25.1 Å². The molecule has 0 amide bonds. The Bertz CT molecular complexity index is 406. The van der Waals surface area contributed by atoms with Crippen LogP contribution in [0.3, 0.4) is 0 Å². The third-order valence-electron chi connectivity index (χ3n) is 2.81. The summed E-state index contributed by atoms with van der Waals surface area (Å²) < 4.78 is 6.72. The molecule has 0 fully saturated rings. The Morgan fingerprint density at radius 3 is 3.00 bits per heavy atom. The first-order valence-corrected chi connectivity index (χ1v) is 6.72. The molecule has 0 spiro atoms. The number of nitrogens with two attached hydrogens (primary N) is 1. The minimum absolute atomic E-state index is 0.302. The van der Waals surface area contributed by atoms with Crippen molar-refractivity contribution in [3.63, 3.8) is 0 Å². The molecule has 3 nitrogen and oxygen atoms in total. The number of rotatable bonds is 5. The van der Waals surface area contributed by atoms with Gasteiger partial charge in [0.15, 0.2) is 5.90 Å². The van der Waals surface area contributed by atoms with Gasteiger partial charge in [0.2, 0.25) is 0 Å². The predicted molar refractivity (Wildman–Crippen MR) is 73.3 cm³/mol. The average molecular weight is 297 g/mol. The van der Waals surface area contributed by atoms with Crippen molar-refractivity contribution in [2.24, 2.45) is 10.7 Å². The van der Waals surface area contributed by atoms with Gasteiger partial charge in [0.1, 0.15) is 6.61 Å². The summed E-state index contributed by atoms with van der Waals surface area (Å²) in [6.07, 6.45) is 2.80. The fourth-order valence-electron chi connectivity index (χ4n) is 1.87. The van der Waals surface area contributed by atoms with Crippen molar-refractivity contribution in [1.82, 2.24) is 0 Å². The number of aliphatic imine (C=N–C) groups is 1. The lowest BCUT2D eigenvalue weighted by Crippen LogP contribution is -2.09. The third kappa shape index (κ3) is 3.54. The lowest BCUT2D eigenvalue weighted by molar-refractivity contribution is 0.305. The molecule has 1 aromatic carbocycles. The Kier molecular flexibility index (Phi) is 4.57. The second kappa shape index (κ2) is 6.17. The topological polar surface area (TPSA) is 47.6 Å². The van der Waals surface area contributed by atoms with E-state index in [4.69, 9.17) is 10.5 Å². The molecule has 2 rings (SSSR count). The van der Waals surface area contributed by atoms with Crippen molar-refractivity contribution < 1.29 is 4.74 Å². The van der Waals surface area contributed by atoms with Gasteiger partial charge in [-0.15, -0.1) is 0 Å². The predicted octanol–water partition coefficient (Wildman–Crippen LogP) is 2.53. The molecule has 1 heterocycles. The number of nitrogens with zero attached hydrogens (tertiary/aromatic N) is 1.